The second-order valence-electron chi connectivity index (χ2n) is 17.4. The van der Waals surface area contributed by atoms with Crippen molar-refractivity contribution in [2.75, 3.05) is 52.4 Å². The van der Waals surface area contributed by atoms with Gasteiger partial charge in [-0.1, -0.05) is 44.2 Å². The van der Waals surface area contributed by atoms with Gasteiger partial charge in [-0.15, -0.1) is 0 Å². The molecule has 12 heteroatoms. The van der Waals surface area contributed by atoms with E-state index in [1.165, 1.54) is 5.56 Å². The van der Waals surface area contributed by atoms with E-state index in [2.05, 4.69) is 55.3 Å². The Labute approximate surface area is 306 Å². The van der Waals surface area contributed by atoms with E-state index in [4.69, 9.17) is 9.47 Å². The van der Waals surface area contributed by atoms with E-state index in [-0.39, 0.29) is 48.2 Å². The maximum Gasteiger partial charge on any atom is 0.410 e. The fraction of sp³-hybridized carbons (Fsp3) is 0.744. The van der Waals surface area contributed by atoms with Gasteiger partial charge in [-0.2, -0.15) is 0 Å². The first-order chi connectivity index (χ1) is 23.8. The minimum atomic E-state index is -0.520. The van der Waals surface area contributed by atoms with Gasteiger partial charge >= 0.3 is 12.2 Å². The van der Waals surface area contributed by atoms with E-state index in [0.717, 1.165) is 32.7 Å². The van der Waals surface area contributed by atoms with Crippen LogP contribution in [-0.4, -0.2) is 136 Å². The number of piperazine rings is 2. The molecule has 0 aromatic heterocycles. The van der Waals surface area contributed by atoms with Gasteiger partial charge in [-0.25, -0.2) is 9.59 Å². The van der Waals surface area contributed by atoms with E-state index in [9.17, 15) is 19.2 Å². The Morgan fingerprint density at radius 3 is 1.71 bits per heavy atom. The molecule has 4 heterocycles. The maximum atomic E-state index is 12.8. The van der Waals surface area contributed by atoms with Gasteiger partial charge in [0.25, 0.3) is 0 Å². The number of carbonyl (C=O) groups excluding carboxylic acids is 4. The molecule has 4 aliphatic heterocycles. The third-order valence-electron chi connectivity index (χ3n) is 9.78. The van der Waals surface area contributed by atoms with Crippen LogP contribution in [0.15, 0.2) is 30.3 Å². The predicted molar refractivity (Wildman–Crippen MR) is 198 cm³/mol. The van der Waals surface area contributed by atoms with E-state index in [1.807, 2.05) is 69.2 Å². The van der Waals surface area contributed by atoms with Gasteiger partial charge in [0, 0.05) is 95.9 Å². The van der Waals surface area contributed by atoms with Gasteiger partial charge in [0.05, 0.1) is 0 Å². The smallest absolute Gasteiger partial charge is 0.410 e. The number of benzene rings is 1. The lowest BCUT2D eigenvalue weighted by molar-refractivity contribution is -0.129. The first-order valence-electron chi connectivity index (χ1n) is 18.8. The number of hydrogen-bond donors (Lipinski definition) is 1. The van der Waals surface area contributed by atoms with Crippen LogP contribution in [0.5, 0.6) is 0 Å². The van der Waals surface area contributed by atoms with Crippen molar-refractivity contribution in [3.63, 3.8) is 0 Å². The molecule has 0 radical (unpaired) electrons. The Morgan fingerprint density at radius 1 is 0.706 bits per heavy atom. The molecule has 0 bridgehead atoms. The third kappa shape index (κ3) is 12.1. The van der Waals surface area contributed by atoms with Gasteiger partial charge < -0.3 is 34.4 Å². The molecule has 0 aliphatic carbocycles. The monoisotopic (exact) mass is 712 g/mol. The normalized spacial score (nSPS) is 27.7. The van der Waals surface area contributed by atoms with Crippen LogP contribution in [0.25, 0.3) is 0 Å². The van der Waals surface area contributed by atoms with Gasteiger partial charge in [-0.05, 0) is 72.8 Å². The van der Waals surface area contributed by atoms with Crippen molar-refractivity contribution < 1.29 is 28.7 Å². The number of nitrogens with one attached hydrogen (secondary N) is 1. The highest BCUT2D eigenvalue weighted by atomic mass is 16.6. The van der Waals surface area contributed by atoms with Crippen LogP contribution < -0.4 is 5.32 Å². The topological polar surface area (TPSA) is 115 Å². The number of likely N-dealkylation sites (tertiary alicyclic amines) is 2. The van der Waals surface area contributed by atoms with Crippen molar-refractivity contribution in [2.45, 2.75) is 124 Å². The summed E-state index contributed by atoms with van der Waals surface area (Å²) in [5.74, 6) is 1.27. The number of hydrogen-bond acceptors (Lipinski definition) is 8. The highest BCUT2D eigenvalue weighted by Crippen LogP contribution is 2.25. The Balaban J connectivity index is 0.000000238. The summed E-state index contributed by atoms with van der Waals surface area (Å²) in [4.78, 5) is 59.3. The second-order valence-corrected chi connectivity index (χ2v) is 17.4. The van der Waals surface area contributed by atoms with Crippen LogP contribution in [-0.2, 0) is 25.6 Å². The first kappa shape index (κ1) is 40.4. The van der Waals surface area contributed by atoms with Gasteiger partial charge in [0.2, 0.25) is 11.8 Å². The summed E-state index contributed by atoms with van der Waals surface area (Å²) in [6, 6.07) is 10.7. The standard InChI is InChI=1S/C23H35N3O3.C16H29N3O3/c1-17-11-21(27)25(12-17)15-20-16-26(22(28)29-23(3,4)5)18(2)13-24(20)14-19-9-7-6-8-10-19;1-11-6-14(20)18(8-11)9-13-10-19(12(2)7-17-13)15(21)22-16(3,4)5/h6-10,17-18,20H,11-16H2,1-5H3;11-13,17H,6-10H2,1-5H3/t17?,18-,20+;11?,12-,13+/m11/s1. The lowest BCUT2D eigenvalue weighted by atomic mass is 10.1. The fourth-order valence-electron chi connectivity index (χ4n) is 7.31. The Morgan fingerprint density at radius 2 is 1.22 bits per heavy atom. The highest BCUT2D eigenvalue weighted by Gasteiger charge is 2.39. The summed E-state index contributed by atoms with van der Waals surface area (Å²) in [7, 11) is 0. The summed E-state index contributed by atoms with van der Waals surface area (Å²) in [6.07, 6.45) is 0.722. The fourth-order valence-corrected chi connectivity index (χ4v) is 7.31. The quantitative estimate of drug-likeness (QED) is 0.447. The minimum Gasteiger partial charge on any atom is -0.444 e. The zero-order valence-electron chi connectivity index (χ0n) is 32.8. The molecule has 0 saturated carbocycles. The zero-order valence-corrected chi connectivity index (χ0v) is 32.8. The van der Waals surface area contributed by atoms with Crippen LogP contribution in [0.1, 0.15) is 87.6 Å². The SMILES string of the molecule is CC1CC(=O)N(C[C@H]2CN(C(=O)OC(C)(C)C)[C@H](C)CN2)C1.CC1CC(=O)N(C[C@H]2CN(C(=O)OC(C)(C)C)[C@H](C)CN2Cc2ccccc2)C1. The summed E-state index contributed by atoms with van der Waals surface area (Å²) >= 11 is 0. The number of ether oxygens (including phenoxy) is 2. The molecular weight excluding hydrogens is 648 g/mol. The van der Waals surface area contributed by atoms with Crippen molar-refractivity contribution >= 4 is 24.0 Å². The van der Waals surface area contributed by atoms with Crippen LogP contribution in [0.4, 0.5) is 9.59 Å². The van der Waals surface area contributed by atoms with E-state index < -0.39 is 11.2 Å². The number of amides is 4. The largest absolute Gasteiger partial charge is 0.444 e. The Kier molecular flexibility index (Phi) is 13.4. The molecule has 5 rings (SSSR count). The molecule has 4 fully saturated rings. The lowest BCUT2D eigenvalue weighted by Crippen LogP contribution is -2.61. The number of rotatable bonds is 6. The molecule has 286 valence electrons. The molecule has 1 aromatic carbocycles. The molecule has 0 spiro atoms. The molecule has 4 saturated heterocycles. The third-order valence-corrected chi connectivity index (χ3v) is 9.78. The van der Waals surface area contributed by atoms with Crippen LogP contribution in [0.3, 0.4) is 0 Å². The van der Waals surface area contributed by atoms with Gasteiger partial charge in [0.1, 0.15) is 11.2 Å². The average molecular weight is 713 g/mol. The van der Waals surface area contributed by atoms with E-state index in [1.54, 1.807) is 4.90 Å². The van der Waals surface area contributed by atoms with Crippen molar-refractivity contribution in [1.29, 1.82) is 0 Å². The summed E-state index contributed by atoms with van der Waals surface area (Å²) in [6.45, 7) is 26.0. The summed E-state index contributed by atoms with van der Waals surface area (Å²) in [5, 5.41) is 3.44. The Bertz CT molecular complexity index is 1350. The van der Waals surface area contributed by atoms with Crippen LogP contribution >= 0.6 is 0 Å². The van der Waals surface area contributed by atoms with Gasteiger partial charge in [0.15, 0.2) is 0 Å². The molecule has 1 aromatic rings. The summed E-state index contributed by atoms with van der Waals surface area (Å²) in [5.41, 5.74) is 0.238. The number of carbonyl (C=O) groups is 4. The van der Waals surface area contributed by atoms with Crippen LogP contribution in [0.2, 0.25) is 0 Å². The van der Waals surface area contributed by atoms with Crippen molar-refractivity contribution in [2.24, 2.45) is 11.8 Å². The zero-order chi connectivity index (χ0) is 37.7. The molecule has 51 heavy (non-hydrogen) atoms. The molecule has 4 aliphatic rings. The number of nitrogens with zero attached hydrogens (tertiary/aromatic N) is 5. The minimum absolute atomic E-state index is 0.0537. The van der Waals surface area contributed by atoms with Crippen molar-refractivity contribution in [1.82, 2.24) is 29.8 Å². The highest BCUT2D eigenvalue weighted by molar-refractivity contribution is 5.79. The predicted octanol–water partition coefficient (Wildman–Crippen LogP) is 4.82. The van der Waals surface area contributed by atoms with E-state index in [0.29, 0.717) is 50.9 Å². The van der Waals surface area contributed by atoms with Crippen LogP contribution in [0, 0.1) is 11.8 Å². The van der Waals surface area contributed by atoms with Crippen molar-refractivity contribution in [3.05, 3.63) is 35.9 Å². The maximum absolute atomic E-state index is 12.8. The first-order valence-corrected chi connectivity index (χ1v) is 18.8. The molecule has 6 atom stereocenters. The molecule has 2 unspecified atom stereocenters. The van der Waals surface area contributed by atoms with Crippen molar-refractivity contribution in [3.8, 4) is 0 Å². The van der Waals surface area contributed by atoms with E-state index >= 15 is 0 Å². The second kappa shape index (κ2) is 17.0. The average Bonchev–Trinajstić information content (AvgIpc) is 3.51. The summed E-state index contributed by atoms with van der Waals surface area (Å²) < 4.78 is 11.1. The molecular formula is C39H64N6O6. The lowest BCUT2D eigenvalue weighted by Gasteiger charge is -2.46. The van der Waals surface area contributed by atoms with Gasteiger partial charge in [-0.3, -0.25) is 14.5 Å². The molecule has 12 nitrogen and oxygen atoms in total. The Hall–Kier alpha value is -3.38. The molecule has 4 amide bonds. The molecule has 1 N–H and O–H groups in total.